The lowest BCUT2D eigenvalue weighted by Gasteiger charge is -1.84. The Kier molecular flexibility index (Phi) is 12.2. The van der Waals surface area contributed by atoms with E-state index in [9.17, 15) is 0 Å². The first-order valence-electron chi connectivity index (χ1n) is 2.21. The first-order chi connectivity index (χ1) is 4.00. The number of alkyl halides is 3. The van der Waals surface area contributed by atoms with E-state index in [2.05, 4.69) is 0 Å². The van der Waals surface area contributed by atoms with Crippen LogP contribution in [0.2, 0.25) is 0 Å². The number of hydrogen-bond acceptors (Lipinski definition) is 2. The van der Waals surface area contributed by atoms with Crippen LogP contribution < -0.4 is 0 Å². The second-order valence-electron chi connectivity index (χ2n) is 1.15. The van der Waals surface area contributed by atoms with Crippen LogP contribution in [-0.2, 0) is 0 Å². The quantitative estimate of drug-likeness (QED) is 0.620. The Morgan fingerprint density at radius 3 is 1.44 bits per heavy atom. The van der Waals surface area contributed by atoms with E-state index in [1.807, 2.05) is 0 Å². The van der Waals surface area contributed by atoms with Gasteiger partial charge in [0.2, 0.25) is 0 Å². The third-order valence-corrected chi connectivity index (χ3v) is 0.414. The van der Waals surface area contributed by atoms with Crippen molar-refractivity contribution >= 4 is 34.8 Å². The van der Waals surface area contributed by atoms with Crippen LogP contribution in [0.25, 0.3) is 0 Å². The van der Waals surface area contributed by atoms with Gasteiger partial charge in [0.25, 0.3) is 0 Å². The van der Waals surface area contributed by atoms with E-state index in [0.717, 1.165) is 0 Å². The van der Waals surface area contributed by atoms with E-state index < -0.39 is 10.4 Å². The summed E-state index contributed by atoms with van der Waals surface area (Å²) in [5, 5.41) is 15.7. The van der Waals surface area contributed by atoms with E-state index in [4.69, 9.17) is 45.0 Å². The summed E-state index contributed by atoms with van der Waals surface area (Å²) >= 11 is 14.8. The van der Waals surface area contributed by atoms with E-state index in [0.29, 0.717) is 0 Å². The van der Waals surface area contributed by atoms with Crippen LogP contribution in [0.4, 0.5) is 0 Å². The molecule has 0 aromatic carbocycles. The molecule has 9 heavy (non-hydrogen) atoms. The molecule has 0 spiro atoms. The summed E-state index contributed by atoms with van der Waals surface area (Å²) in [7, 11) is 0. The lowest BCUT2D eigenvalue weighted by atomic mass is 10.9. The van der Waals surface area contributed by atoms with Gasteiger partial charge in [0.15, 0.2) is 0 Å². The van der Waals surface area contributed by atoms with E-state index >= 15 is 0 Å². The minimum Gasteiger partial charge on any atom is -0.394 e. The second kappa shape index (κ2) is 8.79. The van der Waals surface area contributed by atoms with Crippen molar-refractivity contribution in [1.29, 1.82) is 0 Å². The van der Waals surface area contributed by atoms with Crippen molar-refractivity contribution in [2.24, 2.45) is 0 Å². The van der Waals surface area contributed by atoms with Gasteiger partial charge in [-0.05, 0) is 6.92 Å². The van der Waals surface area contributed by atoms with Crippen molar-refractivity contribution in [3.63, 3.8) is 0 Å². The predicted molar refractivity (Wildman–Crippen MR) is 40.1 cm³/mol. The normalized spacial score (nSPS) is 12.3. The van der Waals surface area contributed by atoms with Gasteiger partial charge in [-0.15, -0.1) is 23.2 Å². The molecule has 0 fully saturated rings. The molecule has 58 valence electrons. The highest BCUT2D eigenvalue weighted by Crippen LogP contribution is 1.96. The fourth-order valence-electron chi connectivity index (χ4n) is 0. The average molecular weight is 195 g/mol. The van der Waals surface area contributed by atoms with Gasteiger partial charge < -0.3 is 10.2 Å². The molecule has 0 amide bonds. The molecule has 0 aliphatic heterocycles. The molecule has 0 aliphatic rings. The topological polar surface area (TPSA) is 40.5 Å². The molecule has 2 N–H and O–H groups in total. The monoisotopic (exact) mass is 194 g/mol. The molecule has 0 heterocycles. The molecule has 0 radical (unpaired) electrons. The van der Waals surface area contributed by atoms with Crippen LogP contribution in [0.3, 0.4) is 0 Å². The third-order valence-electron chi connectivity index (χ3n) is 0.138. The zero-order chi connectivity index (χ0) is 7.86. The summed E-state index contributed by atoms with van der Waals surface area (Å²) in [5.74, 6) is 0. The largest absolute Gasteiger partial charge is 0.394 e. The molecule has 0 rings (SSSR count). The van der Waals surface area contributed by atoms with E-state index in [1.54, 1.807) is 0 Å². The molecule has 0 bridgehead atoms. The van der Waals surface area contributed by atoms with Crippen LogP contribution in [0.5, 0.6) is 0 Å². The van der Waals surface area contributed by atoms with Crippen molar-refractivity contribution in [1.82, 2.24) is 0 Å². The van der Waals surface area contributed by atoms with Crippen molar-refractivity contribution in [3.8, 4) is 0 Å². The smallest absolute Gasteiger partial charge is 0.130 e. The Labute approximate surface area is 69.3 Å². The Hall–Kier alpha value is 0.790. The summed E-state index contributed by atoms with van der Waals surface area (Å²) in [4.78, 5) is -0.616. The summed E-state index contributed by atoms with van der Waals surface area (Å²) in [6.07, 6.45) is 0. The minimum absolute atomic E-state index is 0.164. The lowest BCUT2D eigenvalue weighted by Crippen LogP contribution is -1.90. The summed E-state index contributed by atoms with van der Waals surface area (Å²) in [6.45, 7) is 1.32. The molecule has 0 aliphatic carbocycles. The van der Waals surface area contributed by atoms with Gasteiger partial charge in [-0.2, -0.15) is 0 Å². The van der Waals surface area contributed by atoms with Crippen molar-refractivity contribution in [2.75, 3.05) is 6.61 Å². The number of rotatable bonds is 1. The molecule has 1 atom stereocenters. The van der Waals surface area contributed by atoms with Crippen LogP contribution in [0, 0.1) is 0 Å². The number of aliphatic hydroxyl groups is 2. The number of aliphatic hydroxyl groups excluding tert-OH is 2. The maximum atomic E-state index is 7.88. The van der Waals surface area contributed by atoms with Gasteiger partial charge >= 0.3 is 0 Å². The SMILES string of the molecule is CC(O)Cl.OCC(Cl)Cl. The van der Waals surface area contributed by atoms with Crippen molar-refractivity contribution in [2.45, 2.75) is 17.3 Å². The average Bonchev–Trinajstić information content (AvgIpc) is 1.65. The fraction of sp³-hybridized carbons (Fsp3) is 1.00. The van der Waals surface area contributed by atoms with E-state index in [1.165, 1.54) is 6.92 Å². The molecule has 1 unspecified atom stereocenters. The van der Waals surface area contributed by atoms with Gasteiger partial charge in [0, 0.05) is 0 Å². The molecule has 0 saturated heterocycles. The lowest BCUT2D eigenvalue weighted by molar-refractivity contribution is 0.277. The molecule has 0 aromatic rings. The van der Waals surface area contributed by atoms with Crippen LogP contribution >= 0.6 is 34.8 Å². The zero-order valence-corrected chi connectivity index (χ0v) is 7.16. The van der Waals surface area contributed by atoms with Gasteiger partial charge in [-0.25, -0.2) is 0 Å². The zero-order valence-electron chi connectivity index (χ0n) is 4.89. The molecule has 5 heteroatoms. The summed E-state index contributed by atoms with van der Waals surface area (Å²) < 4.78 is 0. The van der Waals surface area contributed by atoms with Gasteiger partial charge in [0.05, 0.1) is 6.61 Å². The van der Waals surface area contributed by atoms with Gasteiger partial charge in [0.1, 0.15) is 10.4 Å². The fourth-order valence-corrected chi connectivity index (χ4v) is 0. The van der Waals surface area contributed by atoms with Crippen LogP contribution in [0.15, 0.2) is 0 Å². The third kappa shape index (κ3) is 52.1. The van der Waals surface area contributed by atoms with Crippen molar-refractivity contribution in [3.05, 3.63) is 0 Å². The molecule has 0 saturated carbocycles. The highest BCUT2D eigenvalue weighted by molar-refractivity contribution is 6.44. The van der Waals surface area contributed by atoms with Crippen LogP contribution in [-0.4, -0.2) is 27.2 Å². The molecule has 2 nitrogen and oxygen atoms in total. The maximum absolute atomic E-state index is 7.88. The van der Waals surface area contributed by atoms with Gasteiger partial charge in [-0.3, -0.25) is 0 Å². The standard InChI is InChI=1S/C2H4Cl2O.C2H5ClO/c3-2(4)1-5;1-2(3)4/h2,5H,1H2;2,4H,1H3. The summed E-state index contributed by atoms with van der Waals surface area (Å²) in [6, 6.07) is 0. The first kappa shape index (κ1) is 12.5. The predicted octanol–water partition coefficient (Wildman–Crippen LogP) is 1.35. The highest BCUT2D eigenvalue weighted by atomic mass is 35.5. The number of halogens is 3. The first-order valence-corrected chi connectivity index (χ1v) is 3.52. The highest BCUT2D eigenvalue weighted by Gasteiger charge is 1.88. The summed E-state index contributed by atoms with van der Waals surface area (Å²) in [5.41, 5.74) is -0.694. The van der Waals surface area contributed by atoms with Gasteiger partial charge in [-0.1, -0.05) is 11.6 Å². The minimum atomic E-state index is -0.694. The Balaban J connectivity index is 0. The van der Waals surface area contributed by atoms with Crippen molar-refractivity contribution < 1.29 is 10.2 Å². The maximum Gasteiger partial charge on any atom is 0.130 e. The Morgan fingerprint density at radius 1 is 1.33 bits per heavy atom. The molecule has 0 aromatic heterocycles. The second-order valence-corrected chi connectivity index (χ2v) is 3.06. The van der Waals surface area contributed by atoms with E-state index in [-0.39, 0.29) is 6.61 Å². The van der Waals surface area contributed by atoms with Crippen LogP contribution in [0.1, 0.15) is 6.92 Å². The molecular formula is C4H9Cl3O2. The Bertz CT molecular complexity index is 46.3. The Morgan fingerprint density at radius 2 is 1.44 bits per heavy atom. The number of hydrogen-bond donors (Lipinski definition) is 2. The molecular weight excluding hydrogens is 186 g/mol.